The Morgan fingerprint density at radius 2 is 1.77 bits per heavy atom. The standard InChI is InChI=1S/C32H40O8/c1-8-11-27(37-20-22-14-16-24(35-6)17-15-22)30-28(39-32(4,5)40-30)13-10-12-21(3)38-31(34)29-23(9-2)18-25(36-7)19-26(29)33/h8-10,13-19,21,27-28,30,33H,1-2,11-12,20H2,3-7H3/b13-10+/t21-,27-,28-,30-/m0/s1. The highest BCUT2D eigenvalue weighted by molar-refractivity contribution is 5.97. The summed E-state index contributed by atoms with van der Waals surface area (Å²) in [5.74, 6) is -0.473. The maximum absolute atomic E-state index is 12.8. The molecule has 3 rings (SSSR count). The third-order valence-corrected chi connectivity index (χ3v) is 6.44. The Hall–Kier alpha value is -3.59. The number of phenols is 1. The molecule has 0 radical (unpaired) electrons. The van der Waals surface area contributed by atoms with Gasteiger partial charge in [-0.25, -0.2) is 4.79 Å². The molecular formula is C32H40O8. The van der Waals surface area contributed by atoms with E-state index >= 15 is 0 Å². The summed E-state index contributed by atoms with van der Waals surface area (Å²) in [5, 5.41) is 10.4. The van der Waals surface area contributed by atoms with E-state index in [9.17, 15) is 9.90 Å². The maximum atomic E-state index is 12.8. The van der Waals surface area contributed by atoms with Crippen LogP contribution in [0.25, 0.3) is 6.08 Å². The number of phenolic OH excluding ortho intramolecular Hbond substituents is 1. The highest BCUT2D eigenvalue weighted by Gasteiger charge is 2.44. The number of carbonyl (C=O) groups is 1. The minimum atomic E-state index is -0.798. The summed E-state index contributed by atoms with van der Waals surface area (Å²) in [7, 11) is 3.11. The van der Waals surface area contributed by atoms with E-state index in [-0.39, 0.29) is 29.6 Å². The van der Waals surface area contributed by atoms with Crippen LogP contribution in [-0.4, -0.2) is 55.5 Å². The number of esters is 1. The highest BCUT2D eigenvalue weighted by Crippen LogP contribution is 2.34. The molecule has 8 nitrogen and oxygen atoms in total. The van der Waals surface area contributed by atoms with E-state index in [0.29, 0.717) is 30.8 Å². The number of ether oxygens (including phenoxy) is 6. The summed E-state index contributed by atoms with van der Waals surface area (Å²) < 4.78 is 34.6. The fourth-order valence-electron chi connectivity index (χ4n) is 4.46. The molecule has 8 heteroatoms. The number of benzene rings is 2. The van der Waals surface area contributed by atoms with Crippen LogP contribution in [-0.2, 0) is 25.6 Å². The summed E-state index contributed by atoms with van der Waals surface area (Å²) in [5.41, 5.74) is 1.48. The Bertz CT molecular complexity index is 1180. The van der Waals surface area contributed by atoms with Crippen molar-refractivity contribution >= 4 is 12.0 Å². The van der Waals surface area contributed by atoms with Gasteiger partial charge in [-0.05, 0) is 56.5 Å². The van der Waals surface area contributed by atoms with Crippen LogP contribution in [0.4, 0.5) is 0 Å². The molecule has 1 fully saturated rings. The van der Waals surface area contributed by atoms with Gasteiger partial charge >= 0.3 is 5.97 Å². The van der Waals surface area contributed by atoms with Crippen LogP contribution in [0.5, 0.6) is 17.2 Å². The first-order valence-corrected chi connectivity index (χ1v) is 13.2. The van der Waals surface area contributed by atoms with Crippen molar-refractivity contribution < 1.29 is 38.3 Å². The molecule has 0 aromatic heterocycles. The smallest absolute Gasteiger partial charge is 0.342 e. The molecule has 0 unspecified atom stereocenters. The molecular weight excluding hydrogens is 512 g/mol. The van der Waals surface area contributed by atoms with Crippen molar-refractivity contribution in [2.24, 2.45) is 0 Å². The molecule has 0 amide bonds. The van der Waals surface area contributed by atoms with E-state index in [2.05, 4.69) is 13.2 Å². The summed E-state index contributed by atoms with van der Waals surface area (Å²) >= 11 is 0. The topological polar surface area (TPSA) is 92.7 Å². The summed E-state index contributed by atoms with van der Waals surface area (Å²) in [6.07, 6.45) is 6.60. The van der Waals surface area contributed by atoms with Gasteiger partial charge in [-0.1, -0.05) is 43.0 Å². The number of methoxy groups -OCH3 is 2. The quantitative estimate of drug-likeness (QED) is 0.218. The molecule has 0 aliphatic carbocycles. The van der Waals surface area contributed by atoms with Crippen molar-refractivity contribution in [3.8, 4) is 17.2 Å². The van der Waals surface area contributed by atoms with Gasteiger partial charge in [-0.2, -0.15) is 0 Å². The Morgan fingerprint density at radius 3 is 2.40 bits per heavy atom. The van der Waals surface area contributed by atoms with Crippen LogP contribution in [0, 0.1) is 0 Å². The van der Waals surface area contributed by atoms with Gasteiger partial charge in [0.2, 0.25) is 0 Å². The predicted molar refractivity (Wildman–Crippen MR) is 154 cm³/mol. The van der Waals surface area contributed by atoms with Crippen LogP contribution in [0.2, 0.25) is 0 Å². The summed E-state index contributed by atoms with van der Waals surface area (Å²) in [6.45, 7) is 13.5. The fourth-order valence-corrected chi connectivity index (χ4v) is 4.46. The monoisotopic (exact) mass is 552 g/mol. The number of hydrogen-bond acceptors (Lipinski definition) is 8. The van der Waals surface area contributed by atoms with E-state index in [1.807, 2.05) is 56.3 Å². The zero-order valence-electron chi connectivity index (χ0n) is 23.9. The number of rotatable bonds is 14. The van der Waals surface area contributed by atoms with Gasteiger partial charge in [0.25, 0.3) is 0 Å². The maximum Gasteiger partial charge on any atom is 0.342 e. The van der Waals surface area contributed by atoms with Gasteiger partial charge in [-0.15, -0.1) is 6.58 Å². The van der Waals surface area contributed by atoms with Gasteiger partial charge < -0.3 is 33.5 Å². The van der Waals surface area contributed by atoms with Crippen molar-refractivity contribution in [3.63, 3.8) is 0 Å². The summed E-state index contributed by atoms with van der Waals surface area (Å²) in [6, 6.07) is 10.7. The van der Waals surface area contributed by atoms with Crippen molar-refractivity contribution in [2.75, 3.05) is 14.2 Å². The van der Waals surface area contributed by atoms with Gasteiger partial charge in [0.1, 0.15) is 41.1 Å². The first-order valence-electron chi connectivity index (χ1n) is 13.2. The Balaban J connectivity index is 1.64. The first-order chi connectivity index (χ1) is 19.1. The second-order valence-corrected chi connectivity index (χ2v) is 9.98. The predicted octanol–water partition coefficient (Wildman–Crippen LogP) is 6.23. The Morgan fingerprint density at radius 1 is 1.07 bits per heavy atom. The second kappa shape index (κ2) is 14.2. The molecule has 1 heterocycles. The number of aromatic hydroxyl groups is 1. The highest BCUT2D eigenvalue weighted by atomic mass is 16.8. The molecule has 1 aliphatic heterocycles. The van der Waals surface area contributed by atoms with Crippen LogP contribution in [0.15, 0.2) is 67.8 Å². The average molecular weight is 553 g/mol. The lowest BCUT2D eigenvalue weighted by molar-refractivity contribution is -0.159. The van der Waals surface area contributed by atoms with E-state index in [1.54, 1.807) is 20.1 Å². The van der Waals surface area contributed by atoms with Crippen molar-refractivity contribution in [1.29, 1.82) is 0 Å². The lowest BCUT2D eigenvalue weighted by Gasteiger charge is -2.25. The third-order valence-electron chi connectivity index (χ3n) is 6.44. The van der Waals surface area contributed by atoms with Gasteiger partial charge in [-0.3, -0.25) is 0 Å². The molecule has 1 saturated heterocycles. The van der Waals surface area contributed by atoms with Crippen LogP contribution in [0.1, 0.15) is 55.1 Å². The normalized spacial score (nSPS) is 19.6. The van der Waals surface area contributed by atoms with Gasteiger partial charge in [0.05, 0.1) is 26.9 Å². The van der Waals surface area contributed by atoms with E-state index in [4.69, 9.17) is 28.4 Å². The van der Waals surface area contributed by atoms with Gasteiger partial charge in [0, 0.05) is 12.5 Å². The SMILES string of the molecule is C=CC[C@H](OCc1ccc(OC)cc1)[C@@H]1OC(C)(C)O[C@H]1/C=C/C[C@H](C)OC(=O)c1c(O)cc(OC)cc1C=C. The third kappa shape index (κ3) is 8.21. The minimum Gasteiger partial charge on any atom is -0.507 e. The molecule has 2 aromatic rings. The molecule has 0 spiro atoms. The van der Waals surface area contributed by atoms with E-state index in [0.717, 1.165) is 11.3 Å². The van der Waals surface area contributed by atoms with Crippen molar-refractivity contribution in [3.05, 3.63) is 84.5 Å². The summed E-state index contributed by atoms with van der Waals surface area (Å²) in [4.78, 5) is 12.8. The lowest BCUT2D eigenvalue weighted by atomic mass is 10.0. The largest absolute Gasteiger partial charge is 0.507 e. The van der Waals surface area contributed by atoms with Crippen molar-refractivity contribution in [1.82, 2.24) is 0 Å². The Labute approximate surface area is 236 Å². The molecule has 0 saturated carbocycles. The number of carbonyl (C=O) groups excluding carboxylic acids is 1. The lowest BCUT2D eigenvalue weighted by Crippen LogP contribution is -2.36. The molecule has 216 valence electrons. The second-order valence-electron chi connectivity index (χ2n) is 9.98. The molecule has 4 atom stereocenters. The van der Waals surface area contributed by atoms with Gasteiger partial charge in [0.15, 0.2) is 5.79 Å². The van der Waals surface area contributed by atoms with E-state index in [1.165, 1.54) is 19.3 Å². The van der Waals surface area contributed by atoms with E-state index < -0.39 is 17.9 Å². The zero-order valence-corrected chi connectivity index (χ0v) is 23.9. The molecule has 40 heavy (non-hydrogen) atoms. The first kappa shape index (κ1) is 30.9. The molecule has 1 N–H and O–H groups in total. The Kier molecular flexibility index (Phi) is 11.0. The average Bonchev–Trinajstić information content (AvgIpc) is 3.24. The zero-order chi connectivity index (χ0) is 29.3. The molecule has 2 aromatic carbocycles. The van der Waals surface area contributed by atoms with Crippen LogP contribution < -0.4 is 9.47 Å². The fraction of sp³-hybridized carbons (Fsp3) is 0.406. The van der Waals surface area contributed by atoms with Crippen molar-refractivity contribution in [2.45, 2.75) is 70.4 Å². The number of hydrogen-bond donors (Lipinski definition) is 1. The molecule has 1 aliphatic rings. The minimum absolute atomic E-state index is 0.0437. The van der Waals surface area contributed by atoms with Crippen LogP contribution >= 0.6 is 0 Å². The van der Waals surface area contributed by atoms with Crippen LogP contribution in [0.3, 0.4) is 0 Å². The molecule has 0 bridgehead atoms.